The van der Waals surface area contributed by atoms with E-state index >= 15 is 0 Å². The summed E-state index contributed by atoms with van der Waals surface area (Å²) >= 11 is 1.40. The van der Waals surface area contributed by atoms with Crippen LogP contribution in [0.3, 0.4) is 0 Å². The van der Waals surface area contributed by atoms with Gasteiger partial charge in [0.1, 0.15) is 0 Å². The summed E-state index contributed by atoms with van der Waals surface area (Å²) in [7, 11) is 3.00. The maximum absolute atomic E-state index is 12.0. The fourth-order valence-electron chi connectivity index (χ4n) is 1.93. The molecule has 1 aromatic rings. The van der Waals surface area contributed by atoms with E-state index in [0.29, 0.717) is 0 Å². The number of ether oxygens (including phenoxy) is 2. The first kappa shape index (κ1) is 15.8. The molecule has 0 saturated heterocycles. The van der Waals surface area contributed by atoms with Gasteiger partial charge in [-0.15, -0.1) is 11.8 Å². The van der Waals surface area contributed by atoms with Crippen LogP contribution in [0.25, 0.3) is 0 Å². The Morgan fingerprint density at radius 2 is 2.10 bits per heavy atom. The van der Waals surface area contributed by atoms with E-state index in [1.807, 2.05) is 24.3 Å². The maximum atomic E-state index is 12.0. The summed E-state index contributed by atoms with van der Waals surface area (Å²) in [6.07, 6.45) is -0.368. The quantitative estimate of drug-likeness (QED) is 0.773. The molecule has 21 heavy (non-hydrogen) atoms. The minimum absolute atomic E-state index is 0.116. The van der Waals surface area contributed by atoms with Gasteiger partial charge in [0.05, 0.1) is 17.5 Å². The summed E-state index contributed by atoms with van der Waals surface area (Å²) in [6, 6.07) is 7.54. The molecule has 2 N–H and O–H groups in total. The number of carbonyl (C=O) groups is 2. The fraction of sp³-hybridized carbons (Fsp3) is 0.429. The molecule has 0 spiro atoms. The van der Waals surface area contributed by atoms with Crippen LogP contribution in [0.2, 0.25) is 0 Å². The standard InChI is InChI=1S/C14H18N2O4S/c1-19-13(20-2)8-15-12(17)7-11-14(18)16-9-5-3-4-6-10(9)21-11/h3-6,11,13H,7-8H2,1-2H3,(H,15,17)(H,16,18)/t11-/m1/s1. The number of amides is 2. The molecule has 2 rings (SSSR count). The normalized spacial score (nSPS) is 17.3. The third-order valence-corrected chi connectivity index (χ3v) is 4.34. The van der Waals surface area contributed by atoms with E-state index in [4.69, 9.17) is 9.47 Å². The summed E-state index contributed by atoms with van der Waals surface area (Å²) in [4.78, 5) is 24.8. The fourth-order valence-corrected chi connectivity index (χ4v) is 3.04. The van der Waals surface area contributed by atoms with Crippen molar-refractivity contribution in [1.29, 1.82) is 0 Å². The highest BCUT2D eigenvalue weighted by Crippen LogP contribution is 2.36. The maximum Gasteiger partial charge on any atom is 0.238 e. The molecule has 0 saturated carbocycles. The largest absolute Gasteiger partial charge is 0.354 e. The highest BCUT2D eigenvalue weighted by Gasteiger charge is 2.28. The molecule has 1 heterocycles. The lowest BCUT2D eigenvalue weighted by Gasteiger charge is -2.23. The van der Waals surface area contributed by atoms with Crippen molar-refractivity contribution in [1.82, 2.24) is 5.32 Å². The highest BCUT2D eigenvalue weighted by molar-refractivity contribution is 8.01. The van der Waals surface area contributed by atoms with Gasteiger partial charge < -0.3 is 20.1 Å². The molecular formula is C14H18N2O4S. The van der Waals surface area contributed by atoms with Crippen molar-refractivity contribution in [2.24, 2.45) is 0 Å². The molecule has 6 nitrogen and oxygen atoms in total. The minimum Gasteiger partial charge on any atom is -0.354 e. The number of carbonyl (C=O) groups excluding carboxylic acids is 2. The molecule has 1 aromatic carbocycles. The summed E-state index contributed by atoms with van der Waals surface area (Å²) in [5.41, 5.74) is 0.794. The van der Waals surface area contributed by atoms with Crippen molar-refractivity contribution in [2.45, 2.75) is 22.9 Å². The second kappa shape index (κ2) is 7.44. The molecule has 114 valence electrons. The molecule has 1 atom stereocenters. The van der Waals surface area contributed by atoms with Crippen LogP contribution in [0.4, 0.5) is 5.69 Å². The second-order valence-corrected chi connectivity index (χ2v) is 5.75. The zero-order valence-electron chi connectivity index (χ0n) is 11.9. The summed E-state index contributed by atoms with van der Waals surface area (Å²) in [5, 5.41) is 5.08. The Morgan fingerprint density at radius 1 is 1.38 bits per heavy atom. The molecule has 0 radical (unpaired) electrons. The Labute approximate surface area is 127 Å². The number of benzene rings is 1. The van der Waals surface area contributed by atoms with Crippen molar-refractivity contribution < 1.29 is 19.1 Å². The lowest BCUT2D eigenvalue weighted by Crippen LogP contribution is -2.38. The van der Waals surface area contributed by atoms with Crippen LogP contribution in [0.15, 0.2) is 29.2 Å². The van der Waals surface area contributed by atoms with Crippen molar-refractivity contribution in [3.8, 4) is 0 Å². The van der Waals surface area contributed by atoms with Gasteiger partial charge in [-0.3, -0.25) is 9.59 Å². The van der Waals surface area contributed by atoms with Crippen LogP contribution in [0.5, 0.6) is 0 Å². The van der Waals surface area contributed by atoms with Crippen molar-refractivity contribution in [3.63, 3.8) is 0 Å². The molecule has 1 aliphatic rings. The van der Waals surface area contributed by atoms with Crippen LogP contribution >= 0.6 is 11.8 Å². The first-order chi connectivity index (χ1) is 10.1. The smallest absolute Gasteiger partial charge is 0.238 e. The van der Waals surface area contributed by atoms with E-state index in [2.05, 4.69) is 10.6 Å². The van der Waals surface area contributed by atoms with Gasteiger partial charge in [0.2, 0.25) is 11.8 Å². The van der Waals surface area contributed by atoms with Gasteiger partial charge in [-0.25, -0.2) is 0 Å². The number of methoxy groups -OCH3 is 2. The van der Waals surface area contributed by atoms with Crippen molar-refractivity contribution >= 4 is 29.3 Å². The van der Waals surface area contributed by atoms with E-state index in [0.717, 1.165) is 10.6 Å². The molecule has 0 aromatic heterocycles. The Kier molecular flexibility index (Phi) is 5.60. The molecule has 0 bridgehead atoms. The van der Waals surface area contributed by atoms with E-state index in [1.54, 1.807) is 0 Å². The molecule has 0 unspecified atom stereocenters. The predicted molar refractivity (Wildman–Crippen MR) is 80.1 cm³/mol. The summed E-state index contributed by atoms with van der Waals surface area (Å²) in [6.45, 7) is 0.251. The third kappa shape index (κ3) is 4.20. The molecule has 1 aliphatic heterocycles. The topological polar surface area (TPSA) is 76.7 Å². The van der Waals surface area contributed by atoms with Crippen LogP contribution in [-0.2, 0) is 19.1 Å². The van der Waals surface area contributed by atoms with E-state index in [9.17, 15) is 9.59 Å². The summed E-state index contributed by atoms with van der Waals surface area (Å²) in [5.74, 6) is -0.356. The van der Waals surface area contributed by atoms with Crippen LogP contribution in [0, 0.1) is 0 Å². The zero-order valence-corrected chi connectivity index (χ0v) is 12.7. The van der Waals surface area contributed by atoms with Crippen LogP contribution in [-0.4, -0.2) is 44.1 Å². The predicted octanol–water partition coefficient (Wildman–Crippen LogP) is 1.22. The zero-order chi connectivity index (χ0) is 15.2. The molecule has 0 aliphatic carbocycles. The monoisotopic (exact) mass is 310 g/mol. The average molecular weight is 310 g/mol. The van der Waals surface area contributed by atoms with Gasteiger partial charge in [0.15, 0.2) is 6.29 Å². The Hall–Kier alpha value is -1.57. The number of para-hydroxylation sites is 1. The molecular weight excluding hydrogens is 292 g/mol. The average Bonchev–Trinajstić information content (AvgIpc) is 2.49. The number of hydrogen-bond donors (Lipinski definition) is 2. The lowest BCUT2D eigenvalue weighted by molar-refractivity contribution is -0.128. The Bertz CT molecular complexity index is 519. The first-order valence-electron chi connectivity index (χ1n) is 6.53. The van der Waals surface area contributed by atoms with Gasteiger partial charge in [-0.1, -0.05) is 12.1 Å². The van der Waals surface area contributed by atoms with Crippen LogP contribution < -0.4 is 10.6 Å². The number of thioether (sulfide) groups is 1. The second-order valence-electron chi connectivity index (χ2n) is 4.50. The lowest BCUT2D eigenvalue weighted by atomic mass is 10.2. The van der Waals surface area contributed by atoms with E-state index in [-0.39, 0.29) is 24.8 Å². The van der Waals surface area contributed by atoms with Gasteiger partial charge in [-0.05, 0) is 12.1 Å². The van der Waals surface area contributed by atoms with E-state index < -0.39 is 11.5 Å². The first-order valence-corrected chi connectivity index (χ1v) is 7.41. The molecule has 7 heteroatoms. The molecule has 0 fully saturated rings. The Morgan fingerprint density at radius 3 is 2.81 bits per heavy atom. The number of anilines is 1. The van der Waals surface area contributed by atoms with Gasteiger partial charge in [0, 0.05) is 25.5 Å². The van der Waals surface area contributed by atoms with Crippen LogP contribution in [0.1, 0.15) is 6.42 Å². The van der Waals surface area contributed by atoms with Crippen molar-refractivity contribution in [2.75, 3.05) is 26.1 Å². The Balaban J connectivity index is 1.88. The number of nitrogens with one attached hydrogen (secondary N) is 2. The van der Waals surface area contributed by atoms with Gasteiger partial charge in [0.25, 0.3) is 0 Å². The van der Waals surface area contributed by atoms with Crippen molar-refractivity contribution in [3.05, 3.63) is 24.3 Å². The summed E-state index contributed by atoms with van der Waals surface area (Å²) < 4.78 is 9.97. The van der Waals surface area contributed by atoms with Gasteiger partial charge in [-0.2, -0.15) is 0 Å². The third-order valence-electron chi connectivity index (χ3n) is 3.07. The number of fused-ring (bicyclic) bond motifs is 1. The number of rotatable bonds is 6. The SMILES string of the molecule is COC(CNC(=O)C[C@H]1Sc2ccccc2NC1=O)OC. The van der Waals surface area contributed by atoms with E-state index in [1.165, 1.54) is 26.0 Å². The minimum atomic E-state index is -0.484. The number of hydrogen-bond acceptors (Lipinski definition) is 5. The molecule has 2 amide bonds. The highest BCUT2D eigenvalue weighted by atomic mass is 32.2. The van der Waals surface area contributed by atoms with Gasteiger partial charge >= 0.3 is 0 Å².